The topological polar surface area (TPSA) is 37.4 Å². The summed E-state index contributed by atoms with van der Waals surface area (Å²) >= 11 is 0. The molecule has 0 spiro atoms. The molecule has 0 radical (unpaired) electrons. The van der Waals surface area contributed by atoms with Crippen molar-refractivity contribution in [3.05, 3.63) is 35.4 Å². The Hall–Kier alpha value is -1.64. The molecule has 1 aromatic carbocycles. The van der Waals surface area contributed by atoms with Gasteiger partial charge >= 0.3 is 0 Å². The first-order chi connectivity index (χ1) is 10.0. The molecule has 1 heterocycles. The fraction of sp³-hybridized carbons (Fsp3) is 0.556. The van der Waals surface area contributed by atoms with Crippen molar-refractivity contribution in [3.8, 4) is 0 Å². The molecule has 1 unspecified atom stereocenters. The van der Waals surface area contributed by atoms with Crippen LogP contribution in [0, 0.1) is 5.92 Å². The van der Waals surface area contributed by atoms with Crippen molar-refractivity contribution in [2.45, 2.75) is 50.9 Å². The summed E-state index contributed by atoms with van der Waals surface area (Å²) in [5.74, 6) is 0.385. The summed E-state index contributed by atoms with van der Waals surface area (Å²) in [6.07, 6.45) is 7.14. The van der Waals surface area contributed by atoms with E-state index in [1.807, 2.05) is 31.2 Å². The number of fused-ring (bicyclic) bond motifs is 1. The molecule has 0 saturated heterocycles. The second-order valence-corrected chi connectivity index (χ2v) is 6.76. The summed E-state index contributed by atoms with van der Waals surface area (Å²) in [4.78, 5) is 26.4. The van der Waals surface area contributed by atoms with Crippen LogP contribution in [-0.4, -0.2) is 23.8 Å². The third kappa shape index (κ3) is 2.29. The van der Waals surface area contributed by atoms with Crippen LogP contribution in [0.2, 0.25) is 0 Å². The third-order valence-corrected chi connectivity index (χ3v) is 5.25. The van der Waals surface area contributed by atoms with Crippen LogP contribution in [0.3, 0.4) is 0 Å². The number of rotatable bonds is 2. The second kappa shape index (κ2) is 5.28. The fourth-order valence-corrected chi connectivity index (χ4v) is 4.07. The van der Waals surface area contributed by atoms with Gasteiger partial charge in [0.25, 0.3) is 5.91 Å². The Morgan fingerprint density at radius 1 is 1.14 bits per heavy atom. The minimum Gasteiger partial charge on any atom is -0.281 e. The van der Waals surface area contributed by atoms with Crippen LogP contribution in [0.5, 0.6) is 0 Å². The van der Waals surface area contributed by atoms with E-state index in [4.69, 9.17) is 0 Å². The van der Waals surface area contributed by atoms with Crippen molar-refractivity contribution in [1.82, 2.24) is 4.90 Å². The molecule has 0 N–H and O–H groups in total. The minimum atomic E-state index is -0.554. The van der Waals surface area contributed by atoms with E-state index < -0.39 is 5.41 Å². The summed E-state index contributed by atoms with van der Waals surface area (Å²) in [6, 6.07) is 7.62. The quantitative estimate of drug-likeness (QED) is 0.780. The summed E-state index contributed by atoms with van der Waals surface area (Å²) in [7, 11) is 1.61. The second-order valence-electron chi connectivity index (χ2n) is 6.76. The van der Waals surface area contributed by atoms with Gasteiger partial charge in [-0.25, -0.2) is 0 Å². The first-order valence-corrected chi connectivity index (χ1v) is 7.96. The normalized spacial score (nSPS) is 26.9. The molecule has 0 bridgehead atoms. The van der Waals surface area contributed by atoms with Crippen LogP contribution in [-0.2, 0) is 10.2 Å². The van der Waals surface area contributed by atoms with Crippen LogP contribution in [0.25, 0.3) is 0 Å². The summed E-state index contributed by atoms with van der Waals surface area (Å²) < 4.78 is 0. The molecule has 3 heteroatoms. The molecular weight excluding hydrogens is 262 g/mol. The van der Waals surface area contributed by atoms with Crippen LogP contribution < -0.4 is 0 Å². The lowest BCUT2D eigenvalue weighted by Gasteiger charge is -2.40. The van der Waals surface area contributed by atoms with E-state index in [1.54, 1.807) is 7.05 Å². The predicted molar refractivity (Wildman–Crippen MR) is 82.1 cm³/mol. The number of imide groups is 1. The number of amides is 2. The van der Waals surface area contributed by atoms with E-state index in [1.165, 1.54) is 37.0 Å². The van der Waals surface area contributed by atoms with E-state index in [0.29, 0.717) is 11.5 Å². The van der Waals surface area contributed by atoms with Crippen molar-refractivity contribution in [3.63, 3.8) is 0 Å². The zero-order chi connectivity index (χ0) is 15.0. The van der Waals surface area contributed by atoms with E-state index in [-0.39, 0.29) is 11.8 Å². The first kappa shape index (κ1) is 14.3. The summed E-state index contributed by atoms with van der Waals surface area (Å²) in [6.45, 7) is 2.02. The number of carbonyl (C=O) groups is 2. The zero-order valence-corrected chi connectivity index (χ0v) is 12.9. The molecule has 3 nitrogen and oxygen atoms in total. The molecule has 1 saturated carbocycles. The monoisotopic (exact) mass is 285 g/mol. The predicted octanol–water partition coefficient (Wildman–Crippen LogP) is 3.53. The molecular formula is C18H23NO2. The maximum atomic E-state index is 12.8. The van der Waals surface area contributed by atoms with Gasteiger partial charge in [-0.1, -0.05) is 50.3 Å². The molecule has 2 amide bonds. The van der Waals surface area contributed by atoms with Crippen molar-refractivity contribution in [2.24, 2.45) is 5.92 Å². The SMILES string of the molecule is CN1C(=O)c2ccccc2C(C)(CC2CCCCC2)C1=O. The van der Waals surface area contributed by atoms with Gasteiger partial charge in [-0.2, -0.15) is 0 Å². The van der Waals surface area contributed by atoms with Crippen molar-refractivity contribution in [2.75, 3.05) is 7.05 Å². The first-order valence-electron chi connectivity index (χ1n) is 7.96. The van der Waals surface area contributed by atoms with E-state index >= 15 is 0 Å². The van der Waals surface area contributed by atoms with Crippen LogP contribution in [0.1, 0.15) is 61.4 Å². The van der Waals surface area contributed by atoms with Crippen molar-refractivity contribution < 1.29 is 9.59 Å². The van der Waals surface area contributed by atoms with Gasteiger partial charge in [-0.05, 0) is 30.9 Å². The van der Waals surface area contributed by atoms with Gasteiger partial charge in [0, 0.05) is 12.6 Å². The highest BCUT2D eigenvalue weighted by molar-refractivity contribution is 6.12. The lowest BCUT2D eigenvalue weighted by molar-refractivity contribution is -0.134. The Morgan fingerprint density at radius 3 is 2.52 bits per heavy atom. The van der Waals surface area contributed by atoms with Gasteiger partial charge in [-0.15, -0.1) is 0 Å². The van der Waals surface area contributed by atoms with Crippen LogP contribution in [0.4, 0.5) is 0 Å². The molecule has 1 aliphatic carbocycles. The standard InChI is InChI=1S/C18H23NO2/c1-18(12-13-8-4-3-5-9-13)15-11-7-6-10-14(15)16(20)19(2)17(18)21/h6-7,10-11,13H,3-5,8-9,12H2,1-2H3. The molecule has 1 fully saturated rings. The largest absolute Gasteiger partial charge is 0.281 e. The molecule has 3 rings (SSSR count). The Kier molecular flexibility index (Phi) is 3.60. The molecule has 112 valence electrons. The number of carbonyl (C=O) groups excluding carboxylic acids is 2. The van der Waals surface area contributed by atoms with Gasteiger partial charge < -0.3 is 0 Å². The molecule has 2 aliphatic rings. The number of benzene rings is 1. The Balaban J connectivity index is 2.00. The Morgan fingerprint density at radius 2 is 1.81 bits per heavy atom. The molecule has 1 atom stereocenters. The maximum absolute atomic E-state index is 12.8. The number of nitrogens with zero attached hydrogens (tertiary/aromatic N) is 1. The lowest BCUT2D eigenvalue weighted by atomic mass is 9.68. The fourth-order valence-electron chi connectivity index (χ4n) is 4.07. The molecule has 1 aliphatic heterocycles. The van der Waals surface area contributed by atoms with E-state index in [9.17, 15) is 9.59 Å². The van der Waals surface area contributed by atoms with Crippen molar-refractivity contribution in [1.29, 1.82) is 0 Å². The van der Waals surface area contributed by atoms with E-state index in [0.717, 1.165) is 12.0 Å². The average Bonchev–Trinajstić information content (AvgIpc) is 2.52. The van der Waals surface area contributed by atoms with Crippen LogP contribution in [0.15, 0.2) is 24.3 Å². The van der Waals surface area contributed by atoms with Gasteiger partial charge in [0.05, 0.1) is 5.41 Å². The van der Waals surface area contributed by atoms with Gasteiger partial charge in [-0.3, -0.25) is 14.5 Å². The Bertz CT molecular complexity index is 574. The Labute approximate surface area is 126 Å². The minimum absolute atomic E-state index is 0.0447. The summed E-state index contributed by atoms with van der Waals surface area (Å²) in [5.41, 5.74) is 1.06. The highest BCUT2D eigenvalue weighted by Crippen LogP contribution is 2.42. The maximum Gasteiger partial charge on any atom is 0.260 e. The highest BCUT2D eigenvalue weighted by Gasteiger charge is 2.46. The average molecular weight is 285 g/mol. The van der Waals surface area contributed by atoms with Gasteiger partial charge in [0.15, 0.2) is 0 Å². The van der Waals surface area contributed by atoms with Crippen molar-refractivity contribution >= 4 is 11.8 Å². The number of likely N-dealkylation sites (N-methyl/N-ethyl adjacent to an activating group) is 1. The highest BCUT2D eigenvalue weighted by atomic mass is 16.2. The molecule has 1 aromatic rings. The third-order valence-electron chi connectivity index (χ3n) is 5.25. The zero-order valence-electron chi connectivity index (χ0n) is 12.9. The molecule has 21 heavy (non-hydrogen) atoms. The number of hydrogen-bond donors (Lipinski definition) is 0. The van der Waals surface area contributed by atoms with E-state index in [2.05, 4.69) is 0 Å². The van der Waals surface area contributed by atoms with Crippen LogP contribution >= 0.6 is 0 Å². The summed E-state index contributed by atoms with van der Waals surface area (Å²) in [5, 5.41) is 0. The number of hydrogen-bond acceptors (Lipinski definition) is 2. The van der Waals surface area contributed by atoms with Gasteiger partial charge in [0.2, 0.25) is 5.91 Å². The smallest absolute Gasteiger partial charge is 0.260 e. The lowest BCUT2D eigenvalue weighted by Crippen LogP contribution is -2.52. The molecule has 0 aromatic heterocycles. The van der Waals surface area contributed by atoms with Gasteiger partial charge in [0.1, 0.15) is 0 Å².